The average molecular weight is 353 g/mol. The Balaban J connectivity index is 0.000000475. The summed E-state index contributed by atoms with van der Waals surface area (Å²) in [4.78, 5) is 11.7. The van der Waals surface area contributed by atoms with Crippen molar-refractivity contribution < 1.29 is 9.90 Å². The highest BCUT2D eigenvalue weighted by Crippen LogP contribution is 2.58. The van der Waals surface area contributed by atoms with Gasteiger partial charge in [-0.3, -0.25) is 4.79 Å². The number of hydrogen-bond acceptors (Lipinski definition) is 2. The molecule has 5 unspecified atom stereocenters. The van der Waals surface area contributed by atoms with Gasteiger partial charge < -0.3 is 5.11 Å². The van der Waals surface area contributed by atoms with E-state index < -0.39 is 0 Å². The molecule has 2 nitrogen and oxygen atoms in total. The van der Waals surface area contributed by atoms with E-state index in [4.69, 9.17) is 5.11 Å². The lowest BCUT2D eigenvalue weighted by molar-refractivity contribution is -0.126. The maximum Gasteiger partial charge on any atom is 0.133 e. The molecule has 7 atom stereocenters. The zero-order valence-electron chi connectivity index (χ0n) is 17.8. The van der Waals surface area contributed by atoms with Gasteiger partial charge in [-0.05, 0) is 80.0 Å². The third kappa shape index (κ3) is 4.87. The summed E-state index contributed by atoms with van der Waals surface area (Å²) < 4.78 is 0. The van der Waals surface area contributed by atoms with Gasteiger partial charge in [0.15, 0.2) is 0 Å². The minimum atomic E-state index is 0.558. The monoisotopic (exact) mass is 352 g/mol. The van der Waals surface area contributed by atoms with Gasteiger partial charge in [0.1, 0.15) is 5.78 Å². The van der Waals surface area contributed by atoms with Gasteiger partial charge in [0, 0.05) is 20.0 Å². The van der Waals surface area contributed by atoms with Crippen molar-refractivity contribution in [1.82, 2.24) is 0 Å². The van der Waals surface area contributed by atoms with E-state index >= 15 is 0 Å². The predicted octanol–water partition coefficient (Wildman–Crippen LogP) is 6.12. The highest BCUT2D eigenvalue weighted by Gasteiger charge is 2.50. The molecule has 0 spiro atoms. The van der Waals surface area contributed by atoms with E-state index in [9.17, 15) is 4.79 Å². The van der Waals surface area contributed by atoms with Crippen molar-refractivity contribution in [3.63, 3.8) is 0 Å². The van der Waals surface area contributed by atoms with Crippen LogP contribution in [0.3, 0.4) is 0 Å². The van der Waals surface area contributed by atoms with Crippen LogP contribution in [0, 0.1) is 41.4 Å². The fraction of sp³-hybridized carbons (Fsp3) is 0.957. The van der Waals surface area contributed by atoms with Crippen molar-refractivity contribution in [2.45, 2.75) is 92.4 Å². The molecule has 1 N–H and O–H groups in total. The summed E-state index contributed by atoms with van der Waals surface area (Å²) in [6.07, 6.45) is 11.9. The molecule has 0 bridgehead atoms. The summed E-state index contributed by atoms with van der Waals surface area (Å²) >= 11 is 0. The Hall–Kier alpha value is -0.370. The molecule has 4 aliphatic rings. The summed E-state index contributed by atoms with van der Waals surface area (Å²) in [5, 5.41) is 7.00. The van der Waals surface area contributed by atoms with Gasteiger partial charge in [-0.1, -0.05) is 41.0 Å². The molecule has 0 amide bonds. The number of Topliss-reactive ketones (excluding diaryl/α,β-unsaturated/α-hetero) is 1. The minimum Gasteiger partial charge on any atom is -0.400 e. The van der Waals surface area contributed by atoms with Crippen LogP contribution in [-0.2, 0) is 4.79 Å². The predicted molar refractivity (Wildman–Crippen MR) is 108 cm³/mol. The Morgan fingerprint density at radius 1 is 0.680 bits per heavy atom. The van der Waals surface area contributed by atoms with Crippen LogP contribution in [0.4, 0.5) is 0 Å². The summed E-state index contributed by atoms with van der Waals surface area (Å²) in [7, 11) is 1.00. The van der Waals surface area contributed by atoms with Gasteiger partial charge in [0.05, 0.1) is 0 Å². The maximum atomic E-state index is 11.7. The van der Waals surface area contributed by atoms with Gasteiger partial charge in [-0.25, -0.2) is 0 Å². The molecule has 0 aromatic rings. The van der Waals surface area contributed by atoms with Gasteiger partial charge >= 0.3 is 0 Å². The summed E-state index contributed by atoms with van der Waals surface area (Å²) in [6, 6.07) is 0. The van der Waals surface area contributed by atoms with Crippen LogP contribution < -0.4 is 0 Å². The number of ketones is 1. The lowest BCUT2D eigenvalue weighted by atomic mass is 9.53. The van der Waals surface area contributed by atoms with Crippen molar-refractivity contribution in [3.8, 4) is 0 Å². The largest absolute Gasteiger partial charge is 0.400 e. The van der Waals surface area contributed by atoms with Crippen molar-refractivity contribution in [3.05, 3.63) is 0 Å². The van der Waals surface area contributed by atoms with Crippen LogP contribution in [0.15, 0.2) is 0 Å². The molecule has 0 saturated heterocycles. The second-order valence-corrected chi connectivity index (χ2v) is 8.07. The van der Waals surface area contributed by atoms with Gasteiger partial charge in [0.2, 0.25) is 0 Å². The van der Waals surface area contributed by atoms with E-state index in [2.05, 4.69) is 6.92 Å². The molecule has 0 heterocycles. The first-order valence-corrected chi connectivity index (χ1v) is 11.2. The van der Waals surface area contributed by atoms with E-state index in [0.29, 0.717) is 5.78 Å². The second kappa shape index (κ2) is 11.4. The van der Waals surface area contributed by atoms with Crippen LogP contribution in [0.5, 0.6) is 0 Å². The second-order valence-electron chi connectivity index (χ2n) is 8.07. The number of aliphatic hydroxyl groups is 1. The first-order valence-electron chi connectivity index (χ1n) is 11.2. The molecular formula is C23H44O2. The smallest absolute Gasteiger partial charge is 0.133 e. The van der Waals surface area contributed by atoms with Gasteiger partial charge in [0.25, 0.3) is 0 Å². The highest BCUT2D eigenvalue weighted by molar-refractivity contribution is 5.79. The molecule has 4 saturated carbocycles. The van der Waals surface area contributed by atoms with Crippen molar-refractivity contribution in [2.24, 2.45) is 41.4 Å². The van der Waals surface area contributed by atoms with Crippen molar-refractivity contribution >= 4 is 5.78 Å². The molecule has 4 aliphatic carbocycles. The summed E-state index contributed by atoms with van der Waals surface area (Å²) in [5.41, 5.74) is 0. The van der Waals surface area contributed by atoms with Gasteiger partial charge in [-0.15, -0.1) is 0 Å². The molecule has 0 aromatic heterocycles. The molecule has 4 fully saturated rings. The van der Waals surface area contributed by atoms with E-state index in [1.807, 2.05) is 27.7 Å². The molecule has 0 aliphatic heterocycles. The molecule has 148 valence electrons. The molecule has 4 rings (SSSR count). The molecule has 2 heteroatoms. The van der Waals surface area contributed by atoms with Crippen LogP contribution in [0.2, 0.25) is 0 Å². The number of fused-ring (bicyclic) bond motifs is 5. The van der Waals surface area contributed by atoms with E-state index in [0.717, 1.165) is 61.4 Å². The number of carbonyl (C=O) groups excluding carboxylic acids is 1. The first kappa shape index (κ1) is 22.7. The van der Waals surface area contributed by atoms with Gasteiger partial charge in [-0.2, -0.15) is 0 Å². The third-order valence-electron chi connectivity index (χ3n) is 7.44. The Bertz CT molecular complexity index is 378. The SMILES string of the molecule is CC.CC.CC1CC[C@@H]2C1CC[C@@H]1C3CCC(=O)CC3CCC21.CO. The minimum absolute atomic E-state index is 0.558. The fourth-order valence-electron chi connectivity index (χ4n) is 6.61. The fourth-order valence-corrected chi connectivity index (χ4v) is 6.61. The Morgan fingerprint density at radius 2 is 1.16 bits per heavy atom. The van der Waals surface area contributed by atoms with Crippen LogP contribution in [0.25, 0.3) is 0 Å². The van der Waals surface area contributed by atoms with E-state index in [1.165, 1.54) is 44.9 Å². The van der Waals surface area contributed by atoms with Crippen molar-refractivity contribution in [1.29, 1.82) is 0 Å². The lowest BCUT2D eigenvalue weighted by Crippen LogP contribution is -2.45. The highest BCUT2D eigenvalue weighted by atomic mass is 16.2. The van der Waals surface area contributed by atoms with Crippen molar-refractivity contribution in [2.75, 3.05) is 7.11 Å². The Kier molecular flexibility index (Phi) is 10.3. The lowest BCUT2D eigenvalue weighted by Gasteiger charge is -2.52. The molecule has 25 heavy (non-hydrogen) atoms. The van der Waals surface area contributed by atoms with E-state index in [1.54, 1.807) is 0 Å². The van der Waals surface area contributed by atoms with E-state index in [-0.39, 0.29) is 0 Å². The van der Waals surface area contributed by atoms with Crippen LogP contribution in [0.1, 0.15) is 92.4 Å². The average Bonchev–Trinajstić information content (AvgIpc) is 3.07. The zero-order chi connectivity index (χ0) is 19.0. The van der Waals surface area contributed by atoms with Crippen LogP contribution >= 0.6 is 0 Å². The van der Waals surface area contributed by atoms with Crippen LogP contribution in [-0.4, -0.2) is 18.0 Å². The summed E-state index contributed by atoms with van der Waals surface area (Å²) in [5.74, 6) is 7.41. The number of hydrogen-bond donors (Lipinski definition) is 1. The Labute approximate surface area is 157 Å². The third-order valence-corrected chi connectivity index (χ3v) is 7.44. The zero-order valence-corrected chi connectivity index (χ0v) is 17.8. The molecule has 0 radical (unpaired) electrons. The number of aliphatic hydroxyl groups excluding tert-OH is 1. The summed E-state index contributed by atoms with van der Waals surface area (Å²) in [6.45, 7) is 10.5. The standard InChI is InChI=1S/C18H28O.2C2H6.CH4O/c1-11-2-5-16-14(11)8-9-17-15-7-4-13(19)10-12(15)3-6-18(16)17;3*1-2/h11-12,14-18H,2-10H2,1H3;2*1-2H3;2H,1H3/t11?,12?,14?,15?,16-,17-,18?;;;/m1.../s1. The topological polar surface area (TPSA) is 37.3 Å². The normalized spacial score (nSPS) is 41.2. The Morgan fingerprint density at radius 3 is 1.84 bits per heavy atom. The first-order chi connectivity index (χ1) is 12.2. The maximum absolute atomic E-state index is 11.7. The quantitative estimate of drug-likeness (QED) is 0.570. The molecule has 0 aromatic carbocycles. The number of carbonyl (C=O) groups is 1. The number of rotatable bonds is 0. The molecular weight excluding hydrogens is 308 g/mol.